The van der Waals surface area contributed by atoms with Crippen molar-refractivity contribution in [2.75, 3.05) is 23.4 Å². The van der Waals surface area contributed by atoms with E-state index < -0.39 is 0 Å². The highest BCUT2D eigenvalue weighted by molar-refractivity contribution is 6.07. The highest BCUT2D eigenvalue weighted by Gasteiger charge is 2.28. The van der Waals surface area contributed by atoms with E-state index in [1.54, 1.807) is 24.3 Å². The lowest BCUT2D eigenvalue weighted by atomic mass is 10.1. The Kier molecular flexibility index (Phi) is 7.80. The zero-order valence-electron chi connectivity index (χ0n) is 20.2. The zero-order valence-corrected chi connectivity index (χ0v) is 20.2. The summed E-state index contributed by atoms with van der Waals surface area (Å²) in [6.07, 6.45) is 0. The van der Waals surface area contributed by atoms with Gasteiger partial charge in [0.05, 0.1) is 24.6 Å². The molecule has 7 heteroatoms. The van der Waals surface area contributed by atoms with E-state index in [1.165, 1.54) is 0 Å². The van der Waals surface area contributed by atoms with E-state index in [0.29, 0.717) is 43.1 Å². The van der Waals surface area contributed by atoms with Crippen LogP contribution in [0, 0.1) is 0 Å². The van der Waals surface area contributed by atoms with Gasteiger partial charge in [0, 0.05) is 36.3 Å². The maximum atomic E-state index is 13.0. The minimum absolute atomic E-state index is 0.126. The average molecular weight is 473 g/mol. The van der Waals surface area contributed by atoms with Crippen molar-refractivity contribution < 1.29 is 14.3 Å². The second-order valence-electron chi connectivity index (χ2n) is 8.90. The Hall–Kier alpha value is -3.68. The van der Waals surface area contributed by atoms with E-state index in [0.717, 1.165) is 16.8 Å². The molecule has 4 rings (SSSR count). The fourth-order valence-corrected chi connectivity index (χ4v) is 4.42. The summed E-state index contributed by atoms with van der Waals surface area (Å²) in [5.74, 6) is -0.440. The molecule has 0 aromatic heterocycles. The first-order chi connectivity index (χ1) is 17.0. The molecule has 0 radical (unpaired) electrons. The van der Waals surface area contributed by atoms with E-state index in [9.17, 15) is 9.59 Å². The van der Waals surface area contributed by atoms with Crippen molar-refractivity contribution in [3.05, 3.63) is 95.1 Å². The first-order valence-corrected chi connectivity index (χ1v) is 11.9. The lowest BCUT2D eigenvalue weighted by molar-refractivity contribution is 0.0757. The van der Waals surface area contributed by atoms with Crippen LogP contribution in [0.1, 0.15) is 45.7 Å². The molecule has 1 fully saturated rings. The van der Waals surface area contributed by atoms with Crippen LogP contribution in [0.3, 0.4) is 0 Å². The molecular formula is C28H32N4O3. The number of nitrogens with zero attached hydrogens (tertiary/aromatic N) is 1. The number of hydrogen-bond donors (Lipinski definition) is 3. The number of anilines is 2. The van der Waals surface area contributed by atoms with Gasteiger partial charge in [-0.15, -0.1) is 0 Å². The molecule has 1 aliphatic rings. The Balaban J connectivity index is 1.60. The van der Waals surface area contributed by atoms with Gasteiger partial charge in [-0.3, -0.25) is 9.59 Å². The maximum absolute atomic E-state index is 13.0. The van der Waals surface area contributed by atoms with Gasteiger partial charge in [-0.05, 0) is 55.3 Å². The van der Waals surface area contributed by atoms with Gasteiger partial charge in [-0.2, -0.15) is 0 Å². The van der Waals surface area contributed by atoms with Crippen LogP contribution >= 0.6 is 0 Å². The number of amides is 2. The van der Waals surface area contributed by atoms with Crippen LogP contribution in [0.25, 0.3) is 0 Å². The number of benzene rings is 3. The molecular weight excluding hydrogens is 440 g/mol. The SMILES string of the molecule is CC1COCC(C)N1c1ccc(C(=O)NCc2cccc(CN)c2)cc1NC(=O)c1ccccc1. The Morgan fingerprint density at radius 1 is 0.886 bits per heavy atom. The van der Waals surface area contributed by atoms with Crippen molar-refractivity contribution in [2.24, 2.45) is 5.73 Å². The monoisotopic (exact) mass is 472 g/mol. The van der Waals surface area contributed by atoms with Crippen LogP contribution in [0.15, 0.2) is 72.8 Å². The largest absolute Gasteiger partial charge is 0.377 e. The van der Waals surface area contributed by atoms with Gasteiger partial charge >= 0.3 is 0 Å². The van der Waals surface area contributed by atoms with E-state index >= 15 is 0 Å². The van der Waals surface area contributed by atoms with Crippen molar-refractivity contribution in [1.82, 2.24) is 5.32 Å². The van der Waals surface area contributed by atoms with Gasteiger partial charge in [0.2, 0.25) is 0 Å². The number of carbonyl (C=O) groups excluding carboxylic acids is 2. The van der Waals surface area contributed by atoms with Crippen LogP contribution in [-0.4, -0.2) is 37.1 Å². The Bertz CT molecular complexity index is 1170. The van der Waals surface area contributed by atoms with Crippen molar-refractivity contribution in [3.63, 3.8) is 0 Å². The van der Waals surface area contributed by atoms with E-state index in [-0.39, 0.29) is 23.9 Å². The van der Waals surface area contributed by atoms with Gasteiger partial charge < -0.3 is 26.0 Å². The number of rotatable bonds is 7. The lowest BCUT2D eigenvalue weighted by Crippen LogP contribution is -2.50. The molecule has 3 aromatic rings. The summed E-state index contributed by atoms with van der Waals surface area (Å²) in [5, 5.41) is 6.00. The predicted octanol–water partition coefficient (Wildman–Crippen LogP) is 3.94. The molecule has 0 spiro atoms. The molecule has 182 valence electrons. The van der Waals surface area contributed by atoms with Crippen LogP contribution < -0.4 is 21.3 Å². The van der Waals surface area contributed by atoms with Crippen LogP contribution in [-0.2, 0) is 17.8 Å². The van der Waals surface area contributed by atoms with Crippen molar-refractivity contribution in [2.45, 2.75) is 39.0 Å². The number of ether oxygens (including phenoxy) is 1. The molecule has 0 aliphatic carbocycles. The maximum Gasteiger partial charge on any atom is 0.255 e. The van der Waals surface area contributed by atoms with Gasteiger partial charge in [-0.25, -0.2) is 0 Å². The molecule has 1 saturated heterocycles. The van der Waals surface area contributed by atoms with E-state index in [4.69, 9.17) is 10.5 Å². The zero-order chi connectivity index (χ0) is 24.8. The predicted molar refractivity (Wildman–Crippen MR) is 139 cm³/mol. The Morgan fingerprint density at radius 3 is 2.31 bits per heavy atom. The number of hydrogen-bond acceptors (Lipinski definition) is 5. The second-order valence-corrected chi connectivity index (χ2v) is 8.90. The minimum atomic E-state index is -0.225. The summed E-state index contributed by atoms with van der Waals surface area (Å²) in [7, 11) is 0. The summed E-state index contributed by atoms with van der Waals surface area (Å²) in [5.41, 5.74) is 10.2. The molecule has 2 atom stereocenters. The van der Waals surface area contributed by atoms with E-state index in [1.807, 2.05) is 48.5 Å². The number of nitrogens with one attached hydrogen (secondary N) is 2. The lowest BCUT2D eigenvalue weighted by Gasteiger charge is -2.41. The number of morpholine rings is 1. The third kappa shape index (κ3) is 5.88. The standard InChI is InChI=1S/C28H32N4O3/c1-19-17-35-18-20(2)32(19)26-12-11-24(14-25(26)31-28(34)23-9-4-3-5-10-23)27(33)30-16-22-8-6-7-21(13-22)15-29/h3-14,19-20H,15-18,29H2,1-2H3,(H,30,33)(H,31,34). The fourth-order valence-electron chi connectivity index (χ4n) is 4.42. The smallest absolute Gasteiger partial charge is 0.255 e. The molecule has 0 saturated carbocycles. The molecule has 1 heterocycles. The third-order valence-corrected chi connectivity index (χ3v) is 6.17. The molecule has 0 bridgehead atoms. The van der Waals surface area contributed by atoms with Crippen molar-refractivity contribution in [3.8, 4) is 0 Å². The summed E-state index contributed by atoms with van der Waals surface area (Å²) >= 11 is 0. The fraction of sp³-hybridized carbons (Fsp3) is 0.286. The third-order valence-electron chi connectivity index (χ3n) is 6.17. The normalized spacial score (nSPS) is 17.6. The Labute approximate surface area is 206 Å². The van der Waals surface area contributed by atoms with Crippen molar-refractivity contribution in [1.29, 1.82) is 0 Å². The quantitative estimate of drug-likeness (QED) is 0.484. The molecule has 1 aliphatic heterocycles. The molecule has 2 amide bonds. The first kappa shape index (κ1) is 24.4. The number of nitrogens with two attached hydrogens (primary N) is 1. The molecule has 2 unspecified atom stereocenters. The molecule has 35 heavy (non-hydrogen) atoms. The van der Waals surface area contributed by atoms with Crippen LogP contribution in [0.2, 0.25) is 0 Å². The Morgan fingerprint density at radius 2 is 1.60 bits per heavy atom. The summed E-state index contributed by atoms with van der Waals surface area (Å²) in [6.45, 7) is 6.22. The molecule has 7 nitrogen and oxygen atoms in total. The second kappa shape index (κ2) is 11.2. The highest BCUT2D eigenvalue weighted by atomic mass is 16.5. The summed E-state index contributed by atoms with van der Waals surface area (Å²) in [6, 6.07) is 22.6. The number of carbonyl (C=O) groups is 2. The topological polar surface area (TPSA) is 96.7 Å². The molecule has 3 aromatic carbocycles. The van der Waals surface area contributed by atoms with Gasteiger partial charge in [0.25, 0.3) is 11.8 Å². The van der Waals surface area contributed by atoms with Crippen molar-refractivity contribution >= 4 is 23.2 Å². The van der Waals surface area contributed by atoms with Crippen LogP contribution in [0.4, 0.5) is 11.4 Å². The minimum Gasteiger partial charge on any atom is -0.377 e. The van der Waals surface area contributed by atoms with Crippen LogP contribution in [0.5, 0.6) is 0 Å². The van der Waals surface area contributed by atoms with E-state index in [2.05, 4.69) is 29.4 Å². The van der Waals surface area contributed by atoms with Gasteiger partial charge in [0.15, 0.2) is 0 Å². The molecule has 4 N–H and O–H groups in total. The highest BCUT2D eigenvalue weighted by Crippen LogP contribution is 2.32. The first-order valence-electron chi connectivity index (χ1n) is 11.9. The van der Waals surface area contributed by atoms with Gasteiger partial charge in [-0.1, -0.05) is 42.5 Å². The summed E-state index contributed by atoms with van der Waals surface area (Å²) < 4.78 is 5.69. The van der Waals surface area contributed by atoms with Gasteiger partial charge in [0.1, 0.15) is 0 Å². The average Bonchev–Trinajstić information content (AvgIpc) is 2.88. The summed E-state index contributed by atoms with van der Waals surface area (Å²) in [4.78, 5) is 28.3.